The molecule has 0 saturated heterocycles. The third-order valence-corrected chi connectivity index (χ3v) is 7.51. The summed E-state index contributed by atoms with van der Waals surface area (Å²) in [6.07, 6.45) is 3.60. The number of sulfonamides is 1. The molecule has 2 heterocycles. The molecule has 0 radical (unpaired) electrons. The largest absolute Gasteiger partial charge is 0.493 e. The molecule has 0 bridgehead atoms. The maximum absolute atomic E-state index is 14.8. The number of nitrogens with zero attached hydrogens (tertiary/aromatic N) is 3. The molecule has 0 unspecified atom stereocenters. The van der Waals surface area contributed by atoms with E-state index in [9.17, 15) is 17.2 Å². The van der Waals surface area contributed by atoms with E-state index in [0.717, 1.165) is 37.6 Å². The zero-order valence-electron chi connectivity index (χ0n) is 19.1. The number of aromatic nitrogens is 3. The molecule has 0 aliphatic carbocycles. The van der Waals surface area contributed by atoms with Crippen LogP contribution in [0.1, 0.15) is 32.0 Å². The van der Waals surface area contributed by atoms with Gasteiger partial charge in [0.15, 0.2) is 5.82 Å². The third kappa shape index (κ3) is 4.34. The second-order valence-electron chi connectivity index (χ2n) is 8.36. The number of nitrogens with one attached hydrogen (secondary N) is 1. The molecule has 3 aromatic carbocycles. The highest BCUT2D eigenvalue weighted by molar-refractivity contribution is 7.93. The number of rotatable bonds is 6. The molecule has 1 aliphatic heterocycles. The molecule has 0 atom stereocenters. The van der Waals surface area contributed by atoms with Gasteiger partial charge in [-0.1, -0.05) is 30.7 Å². The van der Waals surface area contributed by atoms with Crippen LogP contribution in [0.25, 0.3) is 22.2 Å². The molecule has 1 aromatic heterocycles. The normalized spacial score (nSPS) is 13.9. The van der Waals surface area contributed by atoms with Crippen LogP contribution in [0.2, 0.25) is 0 Å². The fourth-order valence-corrected chi connectivity index (χ4v) is 5.71. The van der Waals surface area contributed by atoms with Crippen LogP contribution in [0.5, 0.6) is 5.75 Å². The number of hydrogen-bond acceptors (Lipinski definition) is 5. The summed E-state index contributed by atoms with van der Waals surface area (Å²) < 4.78 is 66.0. The summed E-state index contributed by atoms with van der Waals surface area (Å²) >= 11 is 0. The molecule has 1 N–H and O–H groups in total. The van der Waals surface area contributed by atoms with Crippen LogP contribution in [0.15, 0.2) is 53.4 Å². The molecule has 0 spiro atoms. The quantitative estimate of drug-likeness (QED) is 0.390. The van der Waals surface area contributed by atoms with E-state index in [0.29, 0.717) is 35.7 Å². The van der Waals surface area contributed by atoms with E-state index in [4.69, 9.17) is 4.74 Å². The Kier molecular flexibility index (Phi) is 6.14. The lowest BCUT2D eigenvalue weighted by Crippen LogP contribution is -2.15. The van der Waals surface area contributed by atoms with Crippen molar-refractivity contribution in [3.63, 3.8) is 0 Å². The fraction of sp³-hybridized carbons (Fsp3) is 0.280. The first-order valence-electron chi connectivity index (χ1n) is 11.5. The van der Waals surface area contributed by atoms with Gasteiger partial charge in [0.1, 0.15) is 23.2 Å². The predicted octanol–water partition coefficient (Wildman–Crippen LogP) is 5.30. The van der Waals surface area contributed by atoms with Crippen molar-refractivity contribution in [1.82, 2.24) is 14.8 Å². The van der Waals surface area contributed by atoms with Gasteiger partial charge in [-0.15, -0.1) is 10.2 Å². The lowest BCUT2D eigenvalue weighted by atomic mass is 10.1. The molecule has 182 valence electrons. The Morgan fingerprint density at radius 3 is 2.60 bits per heavy atom. The van der Waals surface area contributed by atoms with Gasteiger partial charge in [0.05, 0.1) is 22.8 Å². The summed E-state index contributed by atoms with van der Waals surface area (Å²) in [7, 11) is -4.23. The van der Waals surface area contributed by atoms with Crippen LogP contribution in [-0.4, -0.2) is 29.8 Å². The van der Waals surface area contributed by atoms with Crippen LogP contribution in [-0.2, 0) is 23.0 Å². The van der Waals surface area contributed by atoms with Crippen LogP contribution in [0.3, 0.4) is 0 Å². The summed E-state index contributed by atoms with van der Waals surface area (Å²) in [6, 6.07) is 11.7. The van der Waals surface area contributed by atoms with Gasteiger partial charge in [-0.2, -0.15) is 0 Å². The summed E-state index contributed by atoms with van der Waals surface area (Å²) in [5.41, 5.74) is -0.383. The second-order valence-corrected chi connectivity index (χ2v) is 10.0. The minimum Gasteiger partial charge on any atom is -0.493 e. The number of ether oxygens (including phenoxy) is 1. The smallest absolute Gasteiger partial charge is 0.262 e. The van der Waals surface area contributed by atoms with Gasteiger partial charge in [0, 0.05) is 29.8 Å². The van der Waals surface area contributed by atoms with Crippen molar-refractivity contribution in [2.24, 2.45) is 0 Å². The van der Waals surface area contributed by atoms with Crippen molar-refractivity contribution in [3.8, 4) is 17.1 Å². The zero-order chi connectivity index (χ0) is 24.6. The molecule has 0 amide bonds. The van der Waals surface area contributed by atoms with Crippen LogP contribution < -0.4 is 9.46 Å². The Balaban J connectivity index is 1.56. The van der Waals surface area contributed by atoms with Crippen molar-refractivity contribution in [1.29, 1.82) is 0 Å². The topological polar surface area (TPSA) is 86.1 Å². The fourth-order valence-electron chi connectivity index (χ4n) is 4.44. The summed E-state index contributed by atoms with van der Waals surface area (Å²) in [5, 5.41) is 9.33. The van der Waals surface area contributed by atoms with Crippen LogP contribution in [0, 0.1) is 11.6 Å². The average Bonchev–Trinajstić information content (AvgIpc) is 3.08. The molecule has 4 aromatic rings. The number of fused-ring (bicyclic) bond motifs is 2. The van der Waals surface area contributed by atoms with Gasteiger partial charge in [0.2, 0.25) is 0 Å². The second kappa shape index (κ2) is 9.26. The summed E-state index contributed by atoms with van der Waals surface area (Å²) in [4.78, 5) is -0.0434. The lowest BCUT2D eigenvalue weighted by molar-refractivity contribution is 0.344. The molecule has 1 aliphatic rings. The van der Waals surface area contributed by atoms with Crippen molar-refractivity contribution in [2.75, 3.05) is 11.3 Å². The van der Waals surface area contributed by atoms with E-state index in [1.807, 2.05) is 11.5 Å². The van der Waals surface area contributed by atoms with E-state index in [1.54, 1.807) is 30.3 Å². The van der Waals surface area contributed by atoms with Gasteiger partial charge in [-0.05, 0) is 38.0 Å². The highest BCUT2D eigenvalue weighted by Gasteiger charge is 2.24. The Morgan fingerprint density at radius 1 is 1.00 bits per heavy atom. The minimum atomic E-state index is -4.23. The lowest BCUT2D eigenvalue weighted by Gasteiger charge is -2.15. The maximum atomic E-state index is 14.8. The third-order valence-electron chi connectivity index (χ3n) is 6.08. The number of anilines is 1. The predicted molar refractivity (Wildman–Crippen MR) is 129 cm³/mol. The van der Waals surface area contributed by atoms with Gasteiger partial charge in [-0.3, -0.25) is 4.72 Å². The average molecular weight is 499 g/mol. The summed E-state index contributed by atoms with van der Waals surface area (Å²) in [6.45, 7) is 2.88. The molecular weight excluding hydrogens is 474 g/mol. The molecule has 35 heavy (non-hydrogen) atoms. The summed E-state index contributed by atoms with van der Waals surface area (Å²) in [5.74, 6) is -0.322. The van der Waals surface area contributed by atoms with E-state index >= 15 is 0 Å². The Morgan fingerprint density at radius 2 is 1.80 bits per heavy atom. The Bertz CT molecular complexity index is 1520. The minimum absolute atomic E-state index is 0.0127. The Hall–Kier alpha value is -3.53. The first-order valence-corrected chi connectivity index (χ1v) is 13.0. The van der Waals surface area contributed by atoms with Crippen LogP contribution in [0.4, 0.5) is 14.5 Å². The van der Waals surface area contributed by atoms with Gasteiger partial charge >= 0.3 is 0 Å². The SMILES string of the molecule is CCOc1ccc(S(=O)(=O)Nc2cc(-c3nnc4n3CCCCC4)c(F)cc2F)c2ccccc12. The van der Waals surface area contributed by atoms with Crippen molar-refractivity contribution < 1.29 is 21.9 Å². The molecule has 0 fully saturated rings. The van der Waals surface area contributed by atoms with Gasteiger partial charge < -0.3 is 9.30 Å². The van der Waals surface area contributed by atoms with E-state index in [1.165, 1.54) is 6.07 Å². The van der Waals surface area contributed by atoms with Crippen molar-refractivity contribution >= 4 is 26.5 Å². The molecule has 10 heteroatoms. The van der Waals surface area contributed by atoms with Crippen LogP contribution >= 0.6 is 0 Å². The highest BCUT2D eigenvalue weighted by atomic mass is 32.2. The van der Waals surface area contributed by atoms with E-state index in [2.05, 4.69) is 14.9 Å². The molecular formula is C25H24F2N4O3S. The molecule has 5 rings (SSSR count). The first-order chi connectivity index (χ1) is 16.9. The zero-order valence-corrected chi connectivity index (χ0v) is 19.9. The number of aryl methyl sites for hydroxylation is 1. The first kappa shape index (κ1) is 23.2. The molecule has 0 saturated carbocycles. The number of halogens is 2. The van der Waals surface area contributed by atoms with Gasteiger partial charge in [0.25, 0.3) is 10.0 Å². The number of hydrogen-bond donors (Lipinski definition) is 1. The van der Waals surface area contributed by atoms with Crippen molar-refractivity contribution in [2.45, 2.75) is 44.0 Å². The van der Waals surface area contributed by atoms with E-state index < -0.39 is 21.7 Å². The molecule has 7 nitrogen and oxygen atoms in total. The van der Waals surface area contributed by atoms with E-state index in [-0.39, 0.29) is 22.0 Å². The van der Waals surface area contributed by atoms with Gasteiger partial charge in [-0.25, -0.2) is 17.2 Å². The monoisotopic (exact) mass is 498 g/mol. The standard InChI is InChI=1S/C25H24F2N4O3S/c1-2-34-22-11-12-23(17-9-6-5-8-16(17)22)35(32,33)30-21-14-18(19(26)15-20(21)27)25-29-28-24-10-4-3-7-13-31(24)25/h5-6,8-9,11-12,14-15,30H,2-4,7,10,13H2,1H3. The Labute approximate surface area is 201 Å². The maximum Gasteiger partial charge on any atom is 0.262 e. The van der Waals surface area contributed by atoms with Crippen molar-refractivity contribution in [3.05, 3.63) is 66.0 Å². The number of benzene rings is 3. The highest BCUT2D eigenvalue weighted by Crippen LogP contribution is 2.34.